The van der Waals surface area contributed by atoms with E-state index >= 15 is 4.39 Å². The van der Waals surface area contributed by atoms with E-state index in [9.17, 15) is 19.8 Å². The Bertz CT molecular complexity index is 1050. The minimum atomic E-state index is -2.28. The average Bonchev–Trinajstić information content (AvgIpc) is 3.04. The Morgan fingerprint density at radius 3 is 2.74 bits per heavy atom. The number of ether oxygens (including phenoxy) is 3. The van der Waals surface area contributed by atoms with Gasteiger partial charge in [-0.2, -0.15) is 4.98 Å². The molecule has 1 aromatic heterocycles. The standard InChI is InChI=1S/C20H22FN3O7/c1-2-20(21)16(26)14(10-25)31-18(20)24-6-5-15(23-19(24)28)22-17(27)11-3-4-12-13(9-11)30-8-7-29-12/h3-6,9,14,16,18,25-26H,2,7-8,10H2,1H3,(H,22,23,27,28). The van der Waals surface area contributed by atoms with Crippen molar-refractivity contribution in [3.8, 4) is 11.5 Å². The highest BCUT2D eigenvalue weighted by atomic mass is 19.1. The van der Waals surface area contributed by atoms with Crippen LogP contribution in [-0.2, 0) is 4.74 Å². The molecule has 0 bridgehead atoms. The lowest BCUT2D eigenvalue weighted by atomic mass is 9.93. The van der Waals surface area contributed by atoms with Crippen LogP contribution in [0.25, 0.3) is 0 Å². The van der Waals surface area contributed by atoms with Crippen molar-refractivity contribution < 1.29 is 33.6 Å². The second-order valence-corrected chi connectivity index (χ2v) is 7.25. The predicted molar refractivity (Wildman–Crippen MR) is 105 cm³/mol. The van der Waals surface area contributed by atoms with Crippen LogP contribution in [0.4, 0.5) is 10.2 Å². The fraction of sp³-hybridized carbons (Fsp3) is 0.450. The number of hydrogen-bond donors (Lipinski definition) is 3. The molecular weight excluding hydrogens is 413 g/mol. The van der Waals surface area contributed by atoms with Crippen LogP contribution in [0.3, 0.4) is 0 Å². The lowest BCUT2D eigenvalue weighted by molar-refractivity contribution is -0.0674. The maximum atomic E-state index is 15.3. The number of aliphatic hydroxyl groups excluding tert-OH is 2. The fourth-order valence-electron chi connectivity index (χ4n) is 3.67. The number of nitrogens with one attached hydrogen (secondary N) is 1. The van der Waals surface area contributed by atoms with E-state index in [0.717, 1.165) is 4.57 Å². The van der Waals surface area contributed by atoms with E-state index < -0.39 is 42.3 Å². The van der Waals surface area contributed by atoms with Gasteiger partial charge < -0.3 is 29.7 Å². The predicted octanol–water partition coefficient (Wildman–Crippen LogP) is 0.636. The van der Waals surface area contributed by atoms with Gasteiger partial charge in [-0.3, -0.25) is 9.36 Å². The van der Waals surface area contributed by atoms with Crippen LogP contribution >= 0.6 is 0 Å². The monoisotopic (exact) mass is 435 g/mol. The molecule has 4 rings (SSSR count). The molecule has 11 heteroatoms. The molecule has 1 amide bonds. The van der Waals surface area contributed by atoms with Crippen molar-refractivity contribution in [1.29, 1.82) is 0 Å². The molecule has 1 saturated heterocycles. The summed E-state index contributed by atoms with van der Waals surface area (Å²) < 4.78 is 32.4. The first-order valence-corrected chi connectivity index (χ1v) is 9.81. The van der Waals surface area contributed by atoms with E-state index in [1.54, 1.807) is 12.1 Å². The molecule has 2 aliphatic rings. The number of aliphatic hydroxyl groups is 2. The number of carbonyl (C=O) groups is 1. The van der Waals surface area contributed by atoms with Gasteiger partial charge in [-0.05, 0) is 30.7 Å². The zero-order chi connectivity index (χ0) is 22.2. The molecule has 0 radical (unpaired) electrons. The molecule has 2 aliphatic heterocycles. The zero-order valence-corrected chi connectivity index (χ0v) is 16.7. The number of fused-ring (bicyclic) bond motifs is 1. The number of nitrogens with zero attached hydrogens (tertiary/aromatic N) is 2. The van der Waals surface area contributed by atoms with Crippen molar-refractivity contribution in [2.24, 2.45) is 0 Å². The summed E-state index contributed by atoms with van der Waals surface area (Å²) in [5.41, 5.74) is -2.89. The normalized spacial score (nSPS) is 27.2. The van der Waals surface area contributed by atoms with Crippen molar-refractivity contribution in [2.45, 2.75) is 37.4 Å². The highest BCUT2D eigenvalue weighted by Crippen LogP contribution is 2.43. The Balaban J connectivity index is 1.54. The maximum absolute atomic E-state index is 15.3. The Kier molecular flexibility index (Phi) is 5.65. The smallest absolute Gasteiger partial charge is 0.351 e. The van der Waals surface area contributed by atoms with Gasteiger partial charge in [0.1, 0.15) is 31.2 Å². The van der Waals surface area contributed by atoms with Gasteiger partial charge in [0.25, 0.3) is 5.91 Å². The summed E-state index contributed by atoms with van der Waals surface area (Å²) in [5.74, 6) is 0.410. The summed E-state index contributed by atoms with van der Waals surface area (Å²) in [6.45, 7) is 1.70. The van der Waals surface area contributed by atoms with E-state index in [1.807, 2.05) is 0 Å². The first kappa shape index (κ1) is 21.2. The van der Waals surface area contributed by atoms with Gasteiger partial charge in [0.2, 0.25) is 0 Å². The summed E-state index contributed by atoms with van der Waals surface area (Å²) in [6.07, 6.45) is -3.17. The van der Waals surface area contributed by atoms with Crippen LogP contribution in [0.2, 0.25) is 0 Å². The molecule has 2 aromatic rings. The summed E-state index contributed by atoms with van der Waals surface area (Å²) in [4.78, 5) is 28.8. The Morgan fingerprint density at radius 1 is 1.32 bits per heavy atom. The van der Waals surface area contributed by atoms with E-state index in [4.69, 9.17) is 14.2 Å². The first-order valence-electron chi connectivity index (χ1n) is 9.81. The number of carbonyl (C=O) groups excluding carboxylic acids is 1. The van der Waals surface area contributed by atoms with Gasteiger partial charge in [-0.1, -0.05) is 6.92 Å². The molecule has 166 valence electrons. The van der Waals surface area contributed by atoms with Crippen LogP contribution in [0.5, 0.6) is 11.5 Å². The number of hydrogen-bond acceptors (Lipinski definition) is 8. The van der Waals surface area contributed by atoms with Gasteiger partial charge in [0, 0.05) is 11.8 Å². The van der Waals surface area contributed by atoms with Crippen LogP contribution in [0, 0.1) is 0 Å². The van der Waals surface area contributed by atoms with Crippen molar-refractivity contribution in [3.63, 3.8) is 0 Å². The third-order valence-electron chi connectivity index (χ3n) is 5.41. The minimum absolute atomic E-state index is 0.0423. The van der Waals surface area contributed by atoms with Crippen LogP contribution in [0.15, 0.2) is 35.3 Å². The Hall–Kier alpha value is -3.02. The molecule has 10 nitrogen and oxygen atoms in total. The highest BCUT2D eigenvalue weighted by Gasteiger charge is 2.57. The first-order chi connectivity index (χ1) is 14.9. The number of anilines is 1. The van der Waals surface area contributed by atoms with Gasteiger partial charge in [-0.15, -0.1) is 0 Å². The lowest BCUT2D eigenvalue weighted by Crippen LogP contribution is -2.44. The van der Waals surface area contributed by atoms with Crippen LogP contribution in [0.1, 0.15) is 29.9 Å². The van der Waals surface area contributed by atoms with E-state index in [2.05, 4.69) is 10.3 Å². The van der Waals surface area contributed by atoms with Crippen molar-refractivity contribution in [2.75, 3.05) is 25.1 Å². The van der Waals surface area contributed by atoms with Gasteiger partial charge >= 0.3 is 5.69 Å². The lowest BCUT2D eigenvalue weighted by Gasteiger charge is -2.27. The van der Waals surface area contributed by atoms with Gasteiger partial charge in [0.15, 0.2) is 23.4 Å². The molecule has 1 aromatic carbocycles. The summed E-state index contributed by atoms with van der Waals surface area (Å²) in [7, 11) is 0. The molecule has 3 heterocycles. The van der Waals surface area contributed by atoms with E-state index in [1.165, 1.54) is 25.3 Å². The summed E-state index contributed by atoms with van der Waals surface area (Å²) >= 11 is 0. The molecule has 4 atom stereocenters. The number of amides is 1. The minimum Gasteiger partial charge on any atom is -0.486 e. The van der Waals surface area contributed by atoms with Crippen LogP contribution < -0.4 is 20.5 Å². The molecule has 3 N–H and O–H groups in total. The second-order valence-electron chi connectivity index (χ2n) is 7.25. The summed E-state index contributed by atoms with van der Waals surface area (Å²) in [5, 5.41) is 22.0. The Labute approximate surface area is 176 Å². The number of benzene rings is 1. The summed E-state index contributed by atoms with van der Waals surface area (Å²) in [6, 6.07) is 5.99. The second kappa shape index (κ2) is 8.25. The quantitative estimate of drug-likeness (QED) is 0.623. The van der Waals surface area contributed by atoms with Crippen molar-refractivity contribution >= 4 is 11.7 Å². The Morgan fingerprint density at radius 2 is 2.06 bits per heavy atom. The largest absolute Gasteiger partial charge is 0.486 e. The molecule has 4 unspecified atom stereocenters. The maximum Gasteiger partial charge on any atom is 0.351 e. The molecular formula is C20H22FN3O7. The molecule has 0 aliphatic carbocycles. The van der Waals surface area contributed by atoms with E-state index in [-0.39, 0.29) is 17.8 Å². The number of alkyl halides is 1. The topological polar surface area (TPSA) is 132 Å². The van der Waals surface area contributed by atoms with Crippen molar-refractivity contribution in [1.82, 2.24) is 9.55 Å². The molecule has 0 spiro atoms. The highest BCUT2D eigenvalue weighted by molar-refractivity contribution is 6.04. The third kappa shape index (κ3) is 3.75. The SMILES string of the molecule is CCC1(F)C(O)C(CO)OC1n1ccc(NC(=O)c2ccc3c(c2)OCCO3)nc1=O. The van der Waals surface area contributed by atoms with Crippen molar-refractivity contribution in [3.05, 3.63) is 46.5 Å². The number of rotatable bonds is 5. The van der Waals surface area contributed by atoms with Gasteiger partial charge in [-0.25, -0.2) is 9.18 Å². The molecule has 31 heavy (non-hydrogen) atoms. The number of aromatic nitrogens is 2. The fourth-order valence-corrected chi connectivity index (χ4v) is 3.67. The average molecular weight is 435 g/mol. The third-order valence-corrected chi connectivity index (χ3v) is 5.41. The molecule has 1 fully saturated rings. The van der Waals surface area contributed by atoms with Gasteiger partial charge in [0.05, 0.1) is 6.61 Å². The van der Waals surface area contributed by atoms with E-state index in [0.29, 0.717) is 24.7 Å². The molecule has 0 saturated carbocycles. The zero-order valence-electron chi connectivity index (χ0n) is 16.7. The van der Waals surface area contributed by atoms with Crippen LogP contribution in [-0.4, -0.2) is 63.4 Å². The number of halogens is 1.